The minimum Gasteiger partial charge on any atom is -0.462 e. The van der Waals surface area contributed by atoms with Crippen LogP contribution in [0.25, 0.3) is 0 Å². The smallest absolute Gasteiger partial charge is 0.306 e. The molecule has 0 aromatic rings. The van der Waals surface area contributed by atoms with Crippen molar-refractivity contribution in [3.8, 4) is 0 Å². The van der Waals surface area contributed by atoms with Crippen LogP contribution in [0.4, 0.5) is 0 Å². The van der Waals surface area contributed by atoms with Crippen molar-refractivity contribution < 1.29 is 28.6 Å². The first-order valence-corrected chi connectivity index (χ1v) is 30.8. The third kappa shape index (κ3) is 57.9. The van der Waals surface area contributed by atoms with Crippen molar-refractivity contribution in [3.05, 3.63) is 60.8 Å². The first-order valence-electron chi connectivity index (χ1n) is 30.8. The average Bonchev–Trinajstić information content (AvgIpc) is 3.37. The molecule has 0 radical (unpaired) electrons. The van der Waals surface area contributed by atoms with Crippen molar-refractivity contribution in [2.75, 3.05) is 13.2 Å². The van der Waals surface area contributed by atoms with Crippen LogP contribution in [0, 0.1) is 0 Å². The van der Waals surface area contributed by atoms with Gasteiger partial charge in [0.15, 0.2) is 6.10 Å². The van der Waals surface area contributed by atoms with E-state index in [0.29, 0.717) is 19.3 Å². The lowest BCUT2D eigenvalue weighted by molar-refractivity contribution is -0.167. The van der Waals surface area contributed by atoms with Gasteiger partial charge in [0, 0.05) is 19.3 Å². The molecule has 0 saturated heterocycles. The highest BCUT2D eigenvalue weighted by Crippen LogP contribution is 2.17. The standard InChI is InChI=1S/C65H116O6/c1-4-7-10-13-16-19-22-24-26-28-29-30-31-32-33-34-35-37-38-40-43-46-49-52-55-58-64(67)70-61-62(60-69-63(66)57-54-51-48-45-42-21-18-15-12-9-6-3)71-65(68)59-56-53-50-47-44-41-39-36-27-25-23-20-17-14-11-8-5-2/h8,11,15,17-18,20,25,27,39,41,62H,4-7,9-10,12-14,16,19,21-24,26,28-38,40,42-61H2,1-3H3/b11-8-,18-15-,20-17-,27-25-,41-39-. The Morgan fingerprint density at radius 1 is 0.296 bits per heavy atom. The zero-order valence-corrected chi connectivity index (χ0v) is 47.2. The molecule has 0 saturated carbocycles. The molecule has 6 nitrogen and oxygen atoms in total. The van der Waals surface area contributed by atoms with Crippen molar-refractivity contribution in [1.82, 2.24) is 0 Å². The molecule has 0 aliphatic carbocycles. The van der Waals surface area contributed by atoms with E-state index >= 15 is 0 Å². The van der Waals surface area contributed by atoms with Crippen molar-refractivity contribution in [1.29, 1.82) is 0 Å². The van der Waals surface area contributed by atoms with Crippen LogP contribution in [-0.2, 0) is 28.6 Å². The van der Waals surface area contributed by atoms with Crippen LogP contribution >= 0.6 is 0 Å². The Morgan fingerprint density at radius 2 is 0.563 bits per heavy atom. The molecule has 0 aromatic carbocycles. The van der Waals surface area contributed by atoms with Crippen LogP contribution < -0.4 is 0 Å². The topological polar surface area (TPSA) is 78.9 Å². The molecule has 0 N–H and O–H groups in total. The number of ether oxygens (including phenoxy) is 3. The Balaban J connectivity index is 4.24. The van der Waals surface area contributed by atoms with Gasteiger partial charge < -0.3 is 14.2 Å². The molecule has 0 amide bonds. The maximum absolute atomic E-state index is 12.9. The monoisotopic (exact) mass is 993 g/mol. The second-order valence-electron chi connectivity index (χ2n) is 20.6. The van der Waals surface area contributed by atoms with Crippen molar-refractivity contribution in [3.63, 3.8) is 0 Å². The molecule has 1 unspecified atom stereocenters. The summed E-state index contributed by atoms with van der Waals surface area (Å²) in [6.07, 6.45) is 75.2. The van der Waals surface area contributed by atoms with Gasteiger partial charge in [0.2, 0.25) is 0 Å². The highest BCUT2D eigenvalue weighted by molar-refractivity contribution is 5.71. The van der Waals surface area contributed by atoms with Gasteiger partial charge in [-0.3, -0.25) is 14.4 Å². The van der Waals surface area contributed by atoms with E-state index in [4.69, 9.17) is 14.2 Å². The number of unbranched alkanes of at least 4 members (excludes halogenated alkanes) is 35. The first-order chi connectivity index (χ1) is 35.0. The van der Waals surface area contributed by atoms with Gasteiger partial charge in [-0.1, -0.05) is 281 Å². The van der Waals surface area contributed by atoms with E-state index in [1.54, 1.807) is 0 Å². The zero-order valence-electron chi connectivity index (χ0n) is 47.2. The van der Waals surface area contributed by atoms with Crippen LogP contribution in [-0.4, -0.2) is 37.2 Å². The van der Waals surface area contributed by atoms with Crippen molar-refractivity contribution in [2.24, 2.45) is 0 Å². The molecule has 0 aliphatic rings. The molecule has 0 aliphatic heterocycles. The second kappa shape index (κ2) is 59.7. The summed E-state index contributed by atoms with van der Waals surface area (Å²) in [6, 6.07) is 0. The summed E-state index contributed by atoms with van der Waals surface area (Å²) in [5.41, 5.74) is 0. The summed E-state index contributed by atoms with van der Waals surface area (Å²) in [5, 5.41) is 0. The number of rotatable bonds is 56. The minimum atomic E-state index is -0.789. The van der Waals surface area contributed by atoms with Gasteiger partial charge in [0.05, 0.1) is 0 Å². The number of carbonyl (C=O) groups is 3. The number of hydrogen-bond acceptors (Lipinski definition) is 6. The van der Waals surface area contributed by atoms with Crippen LogP contribution in [0.15, 0.2) is 60.8 Å². The Labute approximate surface area is 440 Å². The number of carbonyl (C=O) groups excluding carboxylic acids is 3. The largest absolute Gasteiger partial charge is 0.462 e. The lowest BCUT2D eigenvalue weighted by Crippen LogP contribution is -2.30. The van der Waals surface area contributed by atoms with Gasteiger partial charge in [-0.05, 0) is 77.0 Å². The second-order valence-corrected chi connectivity index (χ2v) is 20.6. The molecule has 71 heavy (non-hydrogen) atoms. The fraction of sp³-hybridized carbons (Fsp3) is 0.800. The highest BCUT2D eigenvalue weighted by Gasteiger charge is 2.19. The predicted molar refractivity (Wildman–Crippen MR) is 307 cm³/mol. The van der Waals surface area contributed by atoms with Crippen LogP contribution in [0.1, 0.15) is 316 Å². The predicted octanol–water partition coefficient (Wildman–Crippen LogP) is 20.8. The number of esters is 3. The summed E-state index contributed by atoms with van der Waals surface area (Å²) in [5.74, 6) is -0.905. The van der Waals surface area contributed by atoms with E-state index < -0.39 is 6.10 Å². The molecule has 0 rings (SSSR count). The fourth-order valence-corrected chi connectivity index (χ4v) is 8.89. The highest BCUT2D eigenvalue weighted by atomic mass is 16.6. The molecule has 0 fully saturated rings. The maximum atomic E-state index is 12.9. The zero-order chi connectivity index (χ0) is 51.4. The molecule has 412 valence electrons. The quantitative estimate of drug-likeness (QED) is 0.0261. The lowest BCUT2D eigenvalue weighted by Gasteiger charge is -2.18. The SMILES string of the molecule is CC/C=C\C/C=C\C/C=C\C/C=C\CCCCCCC(=O)OC(COC(=O)CCCCCCC/C=C\CCCC)COC(=O)CCCCCCCCCCCCCCCCCCCCCCCCCCC. The average molecular weight is 994 g/mol. The lowest BCUT2D eigenvalue weighted by atomic mass is 10.0. The molecule has 0 heterocycles. The van der Waals surface area contributed by atoms with Gasteiger partial charge in [-0.25, -0.2) is 0 Å². The van der Waals surface area contributed by atoms with Crippen LogP contribution in [0.2, 0.25) is 0 Å². The molecular formula is C65H116O6. The van der Waals surface area contributed by atoms with Crippen LogP contribution in [0.3, 0.4) is 0 Å². The first kappa shape index (κ1) is 68.1. The van der Waals surface area contributed by atoms with Gasteiger partial charge in [0.1, 0.15) is 13.2 Å². The molecule has 0 aromatic heterocycles. The van der Waals surface area contributed by atoms with E-state index in [-0.39, 0.29) is 31.1 Å². The van der Waals surface area contributed by atoms with E-state index in [1.807, 2.05) is 0 Å². The van der Waals surface area contributed by atoms with E-state index in [2.05, 4.69) is 81.5 Å². The summed E-state index contributed by atoms with van der Waals surface area (Å²) in [7, 11) is 0. The third-order valence-electron chi connectivity index (χ3n) is 13.5. The normalized spacial score (nSPS) is 12.4. The Kier molecular flexibility index (Phi) is 57.2. The number of allylic oxidation sites excluding steroid dienone is 10. The summed E-state index contributed by atoms with van der Waals surface area (Å²) in [4.78, 5) is 38.2. The summed E-state index contributed by atoms with van der Waals surface area (Å²) < 4.78 is 16.9. The Hall–Kier alpha value is -2.89. The molecule has 0 bridgehead atoms. The van der Waals surface area contributed by atoms with Crippen molar-refractivity contribution >= 4 is 17.9 Å². The minimum absolute atomic E-state index is 0.0843. The molecule has 6 heteroatoms. The molecule has 0 spiro atoms. The van der Waals surface area contributed by atoms with Gasteiger partial charge in [0.25, 0.3) is 0 Å². The fourth-order valence-electron chi connectivity index (χ4n) is 8.89. The molecule has 1 atom stereocenters. The summed E-state index contributed by atoms with van der Waals surface area (Å²) >= 11 is 0. The van der Waals surface area contributed by atoms with E-state index in [9.17, 15) is 14.4 Å². The van der Waals surface area contributed by atoms with E-state index in [0.717, 1.165) is 103 Å². The Morgan fingerprint density at radius 3 is 0.915 bits per heavy atom. The summed E-state index contributed by atoms with van der Waals surface area (Å²) in [6.45, 7) is 6.50. The van der Waals surface area contributed by atoms with Gasteiger partial charge in [-0.2, -0.15) is 0 Å². The molecular weight excluding hydrogens is 877 g/mol. The van der Waals surface area contributed by atoms with Gasteiger partial charge >= 0.3 is 17.9 Å². The maximum Gasteiger partial charge on any atom is 0.306 e. The van der Waals surface area contributed by atoms with Crippen molar-refractivity contribution in [2.45, 2.75) is 322 Å². The van der Waals surface area contributed by atoms with Crippen LogP contribution in [0.5, 0.6) is 0 Å². The number of hydrogen-bond donors (Lipinski definition) is 0. The Bertz CT molecular complexity index is 1280. The van der Waals surface area contributed by atoms with E-state index in [1.165, 1.54) is 173 Å². The van der Waals surface area contributed by atoms with Gasteiger partial charge in [-0.15, -0.1) is 0 Å². The third-order valence-corrected chi connectivity index (χ3v) is 13.5.